The zero-order valence-electron chi connectivity index (χ0n) is 36.1. The van der Waals surface area contributed by atoms with Gasteiger partial charge in [0.1, 0.15) is 41.1 Å². The van der Waals surface area contributed by atoms with Crippen molar-refractivity contribution >= 4 is 28.7 Å². The molecule has 0 saturated carbocycles. The number of hydrogen-bond acceptors (Lipinski definition) is 10. The molecule has 330 valence electrons. The number of ether oxygens (including phenoxy) is 3. The molecule has 4 heterocycles. The average Bonchev–Trinajstić information content (AvgIpc) is 3.67. The summed E-state index contributed by atoms with van der Waals surface area (Å²) in [5.41, 5.74) is 2.00. The first-order valence-corrected chi connectivity index (χ1v) is 21.2. The molecule has 0 aliphatic carbocycles. The first-order valence-electron chi connectivity index (χ1n) is 21.2. The summed E-state index contributed by atoms with van der Waals surface area (Å²) in [5, 5.41) is 23.7. The molecule has 7 rings (SSSR count). The molecule has 1 atom stereocenters. The molecule has 2 aliphatic heterocycles. The molecule has 0 spiro atoms. The van der Waals surface area contributed by atoms with Crippen molar-refractivity contribution in [3.63, 3.8) is 0 Å². The molecular weight excluding hydrogens is 799 g/mol. The Bertz CT molecular complexity index is 2380. The lowest BCUT2D eigenvalue weighted by molar-refractivity contribution is -0.0778. The van der Waals surface area contributed by atoms with Gasteiger partial charge < -0.3 is 44.5 Å². The van der Waals surface area contributed by atoms with E-state index in [-0.39, 0.29) is 42.3 Å². The molecule has 15 heteroatoms. The van der Waals surface area contributed by atoms with Crippen molar-refractivity contribution in [2.24, 2.45) is 0 Å². The number of likely N-dealkylation sites (tertiary alicyclic amines) is 2. The molecule has 5 aromatic rings. The van der Waals surface area contributed by atoms with Gasteiger partial charge in [-0.2, -0.15) is 0 Å². The summed E-state index contributed by atoms with van der Waals surface area (Å²) in [6.07, 6.45) is 3.85. The molecule has 13 nitrogen and oxygen atoms in total. The van der Waals surface area contributed by atoms with Gasteiger partial charge in [-0.1, -0.05) is 6.07 Å². The van der Waals surface area contributed by atoms with Crippen LogP contribution in [0.5, 0.6) is 5.75 Å². The highest BCUT2D eigenvalue weighted by atomic mass is 19.1. The van der Waals surface area contributed by atoms with Gasteiger partial charge in [0.15, 0.2) is 0 Å². The van der Waals surface area contributed by atoms with Crippen molar-refractivity contribution in [2.45, 2.75) is 96.7 Å². The Hall–Kier alpha value is -5.48. The Morgan fingerprint density at radius 2 is 1.61 bits per heavy atom. The van der Waals surface area contributed by atoms with Crippen molar-refractivity contribution < 1.29 is 42.8 Å². The molecule has 3 aromatic carbocycles. The number of aliphatic hydroxyl groups excluding tert-OH is 1. The molecule has 2 aliphatic rings. The molecule has 62 heavy (non-hydrogen) atoms. The van der Waals surface area contributed by atoms with Crippen molar-refractivity contribution in [1.29, 1.82) is 0 Å². The maximum Gasteiger partial charge on any atom is 0.410 e. The minimum atomic E-state index is -1.29. The minimum Gasteiger partial charge on any atom is -0.490 e. The number of amides is 2. The summed E-state index contributed by atoms with van der Waals surface area (Å²) >= 11 is 0. The van der Waals surface area contributed by atoms with E-state index < -0.39 is 28.7 Å². The monoisotopic (exact) mass is 854 g/mol. The van der Waals surface area contributed by atoms with Gasteiger partial charge in [0.25, 0.3) is 5.91 Å². The SMILES string of the molecule is Cc1c(NC(=O)c2ccc(C(C)(C)O)cc2F)cc(F)cc1-c1ncnc2[nH]c(-c3ccc(OC4CCN(C[C@H](CO)OC5CCN(C(=O)OC(C)(C)C)CC5)CC4)cc3)cc12. The van der Waals surface area contributed by atoms with E-state index in [1.54, 1.807) is 11.8 Å². The van der Waals surface area contributed by atoms with Crippen LogP contribution in [0.4, 0.5) is 19.3 Å². The summed E-state index contributed by atoms with van der Waals surface area (Å²) in [4.78, 5) is 41.9. The Morgan fingerprint density at radius 3 is 2.26 bits per heavy atom. The number of rotatable bonds is 12. The summed E-state index contributed by atoms with van der Waals surface area (Å²) in [7, 11) is 0. The first-order chi connectivity index (χ1) is 29.4. The van der Waals surface area contributed by atoms with Gasteiger partial charge in [-0.05, 0) is 139 Å². The molecule has 0 radical (unpaired) electrons. The van der Waals surface area contributed by atoms with Gasteiger partial charge >= 0.3 is 6.09 Å². The summed E-state index contributed by atoms with van der Waals surface area (Å²) < 4.78 is 48.3. The predicted octanol–water partition coefficient (Wildman–Crippen LogP) is 7.98. The maximum atomic E-state index is 15.2. The fourth-order valence-corrected chi connectivity index (χ4v) is 7.95. The van der Waals surface area contributed by atoms with Gasteiger partial charge in [0, 0.05) is 55.1 Å². The second kappa shape index (κ2) is 18.5. The zero-order valence-corrected chi connectivity index (χ0v) is 36.1. The Morgan fingerprint density at radius 1 is 0.919 bits per heavy atom. The van der Waals surface area contributed by atoms with Crippen LogP contribution < -0.4 is 10.1 Å². The molecule has 4 N–H and O–H groups in total. The highest BCUT2D eigenvalue weighted by Crippen LogP contribution is 2.36. The maximum absolute atomic E-state index is 15.2. The van der Waals surface area contributed by atoms with Gasteiger partial charge in [0.05, 0.1) is 35.7 Å². The van der Waals surface area contributed by atoms with E-state index in [2.05, 4.69) is 25.2 Å². The smallest absolute Gasteiger partial charge is 0.410 e. The second-order valence-electron chi connectivity index (χ2n) is 17.8. The lowest BCUT2D eigenvalue weighted by Crippen LogP contribution is -2.47. The lowest BCUT2D eigenvalue weighted by Gasteiger charge is -2.37. The van der Waals surface area contributed by atoms with E-state index in [1.165, 1.54) is 44.4 Å². The van der Waals surface area contributed by atoms with Crippen LogP contribution in [0.25, 0.3) is 33.5 Å². The van der Waals surface area contributed by atoms with E-state index in [4.69, 9.17) is 14.2 Å². The topological polar surface area (TPSA) is 162 Å². The predicted molar refractivity (Wildman–Crippen MR) is 232 cm³/mol. The van der Waals surface area contributed by atoms with Crippen LogP contribution in [0.3, 0.4) is 0 Å². The quantitative estimate of drug-likeness (QED) is 0.0969. The molecular formula is C47H56F2N6O7. The number of piperidine rings is 2. The number of H-pyrrole nitrogens is 1. The minimum absolute atomic E-state index is 0.0210. The Kier molecular flexibility index (Phi) is 13.3. The lowest BCUT2D eigenvalue weighted by atomic mass is 9.96. The number of aliphatic hydroxyl groups is 2. The second-order valence-corrected chi connectivity index (χ2v) is 17.8. The van der Waals surface area contributed by atoms with Crippen LogP contribution >= 0.6 is 0 Å². The fourth-order valence-electron chi connectivity index (χ4n) is 7.95. The van der Waals surface area contributed by atoms with Crippen LogP contribution in [-0.4, -0.2) is 110 Å². The third kappa shape index (κ3) is 10.8. The third-order valence-corrected chi connectivity index (χ3v) is 11.4. The van der Waals surface area contributed by atoms with E-state index in [0.29, 0.717) is 65.9 Å². The highest BCUT2D eigenvalue weighted by Gasteiger charge is 2.30. The molecule has 2 fully saturated rings. The number of carbonyl (C=O) groups is 2. The van der Waals surface area contributed by atoms with Crippen molar-refractivity contribution in [3.05, 3.63) is 95.3 Å². The van der Waals surface area contributed by atoms with Crippen LogP contribution in [0.1, 0.15) is 81.8 Å². The molecule has 0 unspecified atom stereocenters. The molecule has 0 bridgehead atoms. The number of hydrogen-bond donors (Lipinski definition) is 4. The standard InChI is InChI=1S/C47H56F2N6O7/c1-28-37(22-31(48)23-40(28)53-44(57)36-12-9-30(21-39(36)49)47(5,6)59)42-38-24-41(52-43(38)51-27-50-42)29-7-10-32(11-8-29)60-33-13-17-54(18-14-33)25-35(26-56)61-34-15-19-55(20-16-34)45(58)62-46(2,3)4/h7-12,21-24,27,33-35,56,59H,13-20,25-26H2,1-6H3,(H,53,57)(H,50,51,52)/t35-/m1/s1. The number of halogens is 2. The van der Waals surface area contributed by atoms with Crippen LogP contribution in [0.15, 0.2) is 67.0 Å². The zero-order chi connectivity index (χ0) is 44.3. The van der Waals surface area contributed by atoms with Crippen molar-refractivity contribution in [1.82, 2.24) is 24.8 Å². The Balaban J connectivity index is 0.942. The number of fused-ring (bicyclic) bond motifs is 1. The molecule has 2 saturated heterocycles. The van der Waals surface area contributed by atoms with Crippen LogP contribution in [0, 0.1) is 18.6 Å². The first kappa shape index (κ1) is 44.6. The molecule has 2 amide bonds. The fraction of sp³-hybridized carbons (Fsp3) is 0.447. The molecule has 2 aromatic heterocycles. The van der Waals surface area contributed by atoms with E-state index in [9.17, 15) is 24.2 Å². The number of benzene rings is 3. The van der Waals surface area contributed by atoms with Crippen molar-refractivity contribution in [3.8, 4) is 28.3 Å². The number of aromatic nitrogens is 3. The average molecular weight is 855 g/mol. The largest absolute Gasteiger partial charge is 0.490 e. The third-order valence-electron chi connectivity index (χ3n) is 11.4. The van der Waals surface area contributed by atoms with Crippen molar-refractivity contribution in [2.75, 3.05) is 44.6 Å². The summed E-state index contributed by atoms with van der Waals surface area (Å²) in [6.45, 7) is 13.6. The van der Waals surface area contributed by atoms with Gasteiger partial charge in [0.2, 0.25) is 0 Å². The number of anilines is 1. The van der Waals surface area contributed by atoms with E-state index in [0.717, 1.165) is 49.0 Å². The normalized spacial score (nSPS) is 16.4. The van der Waals surface area contributed by atoms with Crippen LogP contribution in [-0.2, 0) is 15.1 Å². The highest BCUT2D eigenvalue weighted by molar-refractivity contribution is 6.06. The van der Waals surface area contributed by atoms with Gasteiger partial charge in [-0.3, -0.25) is 4.79 Å². The van der Waals surface area contributed by atoms with E-state index >= 15 is 4.39 Å². The van der Waals surface area contributed by atoms with Gasteiger partial charge in [-0.25, -0.2) is 23.5 Å². The summed E-state index contributed by atoms with van der Waals surface area (Å²) in [5.74, 6) is -1.44. The summed E-state index contributed by atoms with van der Waals surface area (Å²) in [6, 6.07) is 16.1. The Labute approximate surface area is 360 Å². The van der Waals surface area contributed by atoms with Gasteiger partial charge in [-0.15, -0.1) is 0 Å². The number of aromatic amines is 1. The number of nitrogens with one attached hydrogen (secondary N) is 2. The number of nitrogens with zero attached hydrogens (tertiary/aromatic N) is 4. The van der Waals surface area contributed by atoms with E-state index in [1.807, 2.05) is 51.1 Å². The van der Waals surface area contributed by atoms with Crippen LogP contribution in [0.2, 0.25) is 0 Å². The number of carbonyl (C=O) groups excluding carboxylic acids is 2.